The molecular weight excluding hydrogens is 269 g/mol. The van der Waals surface area contributed by atoms with Crippen molar-refractivity contribution in [1.82, 2.24) is 0 Å². The van der Waals surface area contributed by atoms with E-state index in [9.17, 15) is 9.18 Å². The van der Waals surface area contributed by atoms with Gasteiger partial charge in [-0.1, -0.05) is 17.7 Å². The van der Waals surface area contributed by atoms with E-state index in [1.807, 2.05) is 0 Å². The normalized spacial score (nSPS) is 10.0. The van der Waals surface area contributed by atoms with Gasteiger partial charge < -0.3 is 16.4 Å². The average Bonchev–Trinajstić information content (AvgIpc) is 2.34. The number of anilines is 3. The van der Waals surface area contributed by atoms with E-state index >= 15 is 0 Å². The third kappa shape index (κ3) is 3.59. The van der Waals surface area contributed by atoms with E-state index in [2.05, 4.69) is 10.6 Å². The summed E-state index contributed by atoms with van der Waals surface area (Å²) in [7, 11) is 0. The van der Waals surface area contributed by atoms with Crippen LogP contribution in [0.3, 0.4) is 0 Å². The molecular formula is C13H11ClFN3O. The van der Waals surface area contributed by atoms with Crippen LogP contribution in [-0.2, 0) is 0 Å². The summed E-state index contributed by atoms with van der Waals surface area (Å²) in [5.41, 5.74) is 6.22. The zero-order valence-electron chi connectivity index (χ0n) is 9.78. The number of rotatable bonds is 2. The molecule has 0 bridgehead atoms. The van der Waals surface area contributed by atoms with E-state index in [0.29, 0.717) is 16.4 Å². The maximum atomic E-state index is 13.2. The molecule has 6 heteroatoms. The highest BCUT2D eigenvalue weighted by atomic mass is 35.5. The molecule has 0 aliphatic heterocycles. The summed E-state index contributed by atoms with van der Waals surface area (Å²) in [5.74, 6) is -0.583. The van der Waals surface area contributed by atoms with Gasteiger partial charge >= 0.3 is 6.03 Å². The maximum absolute atomic E-state index is 13.2. The number of amides is 2. The molecule has 0 unspecified atom stereocenters. The first-order chi connectivity index (χ1) is 9.04. The van der Waals surface area contributed by atoms with E-state index in [0.717, 1.165) is 6.07 Å². The predicted octanol–water partition coefficient (Wildman–Crippen LogP) is 3.71. The first-order valence-electron chi connectivity index (χ1n) is 5.43. The molecule has 0 aromatic heterocycles. The van der Waals surface area contributed by atoms with Gasteiger partial charge in [-0.3, -0.25) is 0 Å². The van der Waals surface area contributed by atoms with Gasteiger partial charge in [0, 0.05) is 16.4 Å². The summed E-state index contributed by atoms with van der Waals surface area (Å²) in [4.78, 5) is 11.7. The highest BCUT2D eigenvalue weighted by Gasteiger charge is 2.05. The minimum absolute atomic E-state index is 0.0285. The zero-order chi connectivity index (χ0) is 13.8. The molecule has 0 radical (unpaired) electrons. The van der Waals surface area contributed by atoms with E-state index < -0.39 is 11.8 Å². The van der Waals surface area contributed by atoms with Crippen LogP contribution in [0.4, 0.5) is 26.2 Å². The number of hydrogen-bond acceptors (Lipinski definition) is 2. The van der Waals surface area contributed by atoms with Crippen molar-refractivity contribution in [2.24, 2.45) is 0 Å². The molecule has 0 fully saturated rings. The molecule has 0 saturated carbocycles. The van der Waals surface area contributed by atoms with Gasteiger partial charge in [0.25, 0.3) is 0 Å². The molecule has 0 spiro atoms. The number of benzene rings is 2. The van der Waals surface area contributed by atoms with Gasteiger partial charge in [-0.25, -0.2) is 9.18 Å². The second-order valence-corrected chi connectivity index (χ2v) is 4.26. The summed E-state index contributed by atoms with van der Waals surface area (Å²) in [6, 6.07) is 10.2. The second kappa shape index (κ2) is 5.58. The van der Waals surface area contributed by atoms with Crippen LogP contribution in [0, 0.1) is 5.82 Å². The number of nitrogens with one attached hydrogen (secondary N) is 2. The molecule has 4 N–H and O–H groups in total. The van der Waals surface area contributed by atoms with Crippen LogP contribution in [-0.4, -0.2) is 6.03 Å². The quantitative estimate of drug-likeness (QED) is 0.734. The Morgan fingerprint density at radius 1 is 1.11 bits per heavy atom. The predicted molar refractivity (Wildman–Crippen MR) is 74.9 cm³/mol. The number of nitrogens with two attached hydrogens (primary N) is 1. The van der Waals surface area contributed by atoms with Crippen molar-refractivity contribution in [3.05, 3.63) is 53.3 Å². The average molecular weight is 280 g/mol. The Hall–Kier alpha value is -2.27. The smallest absolute Gasteiger partial charge is 0.323 e. The van der Waals surface area contributed by atoms with Gasteiger partial charge in [0.2, 0.25) is 0 Å². The fourth-order valence-corrected chi connectivity index (χ4v) is 1.65. The number of urea groups is 1. The minimum atomic E-state index is -0.583. The summed E-state index contributed by atoms with van der Waals surface area (Å²) >= 11 is 5.79. The first kappa shape index (κ1) is 13.2. The molecule has 4 nitrogen and oxygen atoms in total. The van der Waals surface area contributed by atoms with Crippen molar-refractivity contribution in [3.63, 3.8) is 0 Å². The van der Waals surface area contributed by atoms with Crippen molar-refractivity contribution in [1.29, 1.82) is 0 Å². The van der Waals surface area contributed by atoms with E-state index in [1.165, 1.54) is 12.1 Å². The Morgan fingerprint density at radius 3 is 2.42 bits per heavy atom. The fraction of sp³-hybridized carbons (Fsp3) is 0. The summed E-state index contributed by atoms with van der Waals surface area (Å²) in [6.45, 7) is 0. The Kier molecular flexibility index (Phi) is 3.87. The number of nitrogen functional groups attached to an aromatic ring is 1. The molecule has 19 heavy (non-hydrogen) atoms. The summed E-state index contributed by atoms with van der Waals surface area (Å²) in [5, 5.41) is 5.58. The van der Waals surface area contributed by atoms with Gasteiger partial charge in [0.1, 0.15) is 5.82 Å². The molecule has 2 aromatic rings. The van der Waals surface area contributed by atoms with Crippen molar-refractivity contribution >= 4 is 34.7 Å². The van der Waals surface area contributed by atoms with Crippen molar-refractivity contribution in [2.75, 3.05) is 16.4 Å². The van der Waals surface area contributed by atoms with Crippen molar-refractivity contribution in [3.8, 4) is 0 Å². The summed E-state index contributed by atoms with van der Waals surface area (Å²) < 4.78 is 13.2. The second-order valence-electron chi connectivity index (χ2n) is 3.83. The fourth-order valence-electron chi connectivity index (χ4n) is 1.46. The van der Waals surface area contributed by atoms with Crippen LogP contribution in [0.1, 0.15) is 0 Å². The van der Waals surface area contributed by atoms with Gasteiger partial charge in [-0.15, -0.1) is 0 Å². The van der Waals surface area contributed by atoms with Gasteiger partial charge in [-0.05, 0) is 36.4 Å². The molecule has 2 aromatic carbocycles. The Bertz CT molecular complexity index is 619. The number of carbonyl (C=O) groups excluding carboxylic acids is 1. The first-order valence-corrected chi connectivity index (χ1v) is 5.81. The largest absolute Gasteiger partial charge is 0.396 e. The van der Waals surface area contributed by atoms with Gasteiger partial charge in [0.15, 0.2) is 0 Å². The Labute approximate surface area is 114 Å². The third-order valence-electron chi connectivity index (χ3n) is 2.34. The molecule has 2 amide bonds. The Balaban J connectivity index is 2.03. The molecule has 2 rings (SSSR count). The molecule has 98 valence electrons. The van der Waals surface area contributed by atoms with Crippen LogP contribution in [0.2, 0.25) is 5.02 Å². The van der Waals surface area contributed by atoms with Crippen LogP contribution in [0.15, 0.2) is 42.5 Å². The van der Waals surface area contributed by atoms with Crippen molar-refractivity contribution in [2.45, 2.75) is 0 Å². The van der Waals surface area contributed by atoms with Crippen molar-refractivity contribution < 1.29 is 9.18 Å². The maximum Gasteiger partial charge on any atom is 0.323 e. The Morgan fingerprint density at radius 2 is 1.79 bits per heavy atom. The monoisotopic (exact) mass is 279 g/mol. The third-order valence-corrected chi connectivity index (χ3v) is 2.58. The van der Waals surface area contributed by atoms with Gasteiger partial charge in [0.05, 0.1) is 5.69 Å². The van der Waals surface area contributed by atoms with Gasteiger partial charge in [-0.2, -0.15) is 0 Å². The van der Waals surface area contributed by atoms with E-state index in [4.69, 9.17) is 17.3 Å². The van der Waals surface area contributed by atoms with Crippen LogP contribution in [0.25, 0.3) is 0 Å². The molecule has 0 saturated heterocycles. The topological polar surface area (TPSA) is 67.1 Å². The SMILES string of the molecule is Nc1ccc(NC(=O)Nc2cccc(Cl)c2)cc1F. The highest BCUT2D eigenvalue weighted by molar-refractivity contribution is 6.30. The van der Waals surface area contributed by atoms with E-state index in [1.54, 1.807) is 24.3 Å². The van der Waals surface area contributed by atoms with Crippen LogP contribution >= 0.6 is 11.6 Å². The lowest BCUT2D eigenvalue weighted by atomic mass is 10.2. The highest BCUT2D eigenvalue weighted by Crippen LogP contribution is 2.17. The van der Waals surface area contributed by atoms with Crippen LogP contribution in [0.5, 0.6) is 0 Å². The molecule has 0 heterocycles. The zero-order valence-corrected chi connectivity index (χ0v) is 10.5. The number of carbonyl (C=O) groups is 1. The lowest BCUT2D eigenvalue weighted by molar-refractivity contribution is 0.262. The number of halogens is 2. The standard InChI is InChI=1S/C13H11ClFN3O/c14-8-2-1-3-9(6-8)17-13(19)18-10-4-5-12(16)11(15)7-10/h1-7H,16H2,(H2,17,18,19). The molecule has 0 aliphatic rings. The summed E-state index contributed by atoms with van der Waals surface area (Å²) in [6.07, 6.45) is 0. The number of hydrogen-bond donors (Lipinski definition) is 3. The van der Waals surface area contributed by atoms with E-state index in [-0.39, 0.29) is 5.69 Å². The minimum Gasteiger partial charge on any atom is -0.396 e. The lowest BCUT2D eigenvalue weighted by Gasteiger charge is -2.08. The van der Waals surface area contributed by atoms with Crippen LogP contribution < -0.4 is 16.4 Å². The molecule has 0 aliphatic carbocycles. The lowest BCUT2D eigenvalue weighted by Crippen LogP contribution is -2.19. The molecule has 0 atom stereocenters.